The molecule has 0 spiro atoms. The molecule has 0 radical (unpaired) electrons. The van der Waals surface area contributed by atoms with Crippen molar-refractivity contribution in [2.45, 2.75) is 84.7 Å². The fourth-order valence-corrected chi connectivity index (χ4v) is 6.86. The van der Waals surface area contributed by atoms with Gasteiger partial charge in [-0.1, -0.05) is 32.4 Å². The van der Waals surface area contributed by atoms with E-state index in [9.17, 15) is 9.59 Å². The number of rotatable bonds is 2. The van der Waals surface area contributed by atoms with Crippen LogP contribution >= 0.6 is 0 Å². The van der Waals surface area contributed by atoms with Gasteiger partial charge in [0.25, 0.3) is 0 Å². The zero-order valence-corrected chi connectivity index (χ0v) is 16.0. The van der Waals surface area contributed by atoms with Gasteiger partial charge in [-0.2, -0.15) is 0 Å². The van der Waals surface area contributed by atoms with Crippen LogP contribution in [-0.4, -0.2) is 17.9 Å². The smallest absolute Gasteiger partial charge is 0.305 e. The minimum absolute atomic E-state index is 0.0439. The van der Waals surface area contributed by atoms with Crippen molar-refractivity contribution in [3.63, 3.8) is 0 Å². The van der Waals surface area contributed by atoms with Gasteiger partial charge in [0.2, 0.25) is 0 Å². The molecule has 3 saturated carbocycles. The summed E-state index contributed by atoms with van der Waals surface area (Å²) in [5.74, 6) is 2.45. The largest absolute Gasteiger partial charge is 0.462 e. The highest BCUT2D eigenvalue weighted by Crippen LogP contribution is 2.65. The van der Waals surface area contributed by atoms with E-state index in [0.717, 1.165) is 32.1 Å². The van der Waals surface area contributed by atoms with E-state index >= 15 is 0 Å². The Morgan fingerprint density at radius 1 is 1.20 bits per heavy atom. The molecule has 0 aliphatic heterocycles. The number of hydrogen-bond acceptors (Lipinski definition) is 3. The summed E-state index contributed by atoms with van der Waals surface area (Å²) in [6.07, 6.45) is 11.2. The lowest BCUT2D eigenvalue weighted by Gasteiger charge is -2.57. The van der Waals surface area contributed by atoms with E-state index < -0.39 is 0 Å². The summed E-state index contributed by atoms with van der Waals surface area (Å²) in [5, 5.41) is 0. The Hall–Kier alpha value is -1.12. The van der Waals surface area contributed by atoms with Gasteiger partial charge >= 0.3 is 5.97 Å². The second-order valence-electron chi connectivity index (χ2n) is 9.43. The first-order valence-corrected chi connectivity index (χ1v) is 10.3. The number of carbonyl (C=O) groups excluding carboxylic acids is 2. The van der Waals surface area contributed by atoms with Gasteiger partial charge in [0.05, 0.1) is 0 Å². The third-order valence-corrected chi connectivity index (χ3v) is 8.41. The lowest BCUT2D eigenvalue weighted by molar-refractivity contribution is -0.159. The molecule has 0 heterocycles. The van der Waals surface area contributed by atoms with Crippen molar-refractivity contribution in [3.05, 3.63) is 11.6 Å². The van der Waals surface area contributed by atoms with Gasteiger partial charge in [0, 0.05) is 24.7 Å². The highest BCUT2D eigenvalue weighted by Gasteiger charge is 2.59. The lowest BCUT2D eigenvalue weighted by Crippen LogP contribution is -2.51. The van der Waals surface area contributed by atoms with Crippen LogP contribution in [0.2, 0.25) is 0 Å². The molecule has 138 valence electrons. The minimum atomic E-state index is -0.0439. The highest BCUT2D eigenvalue weighted by molar-refractivity contribution is 5.82. The number of allylic oxidation sites excluding steroid dienone is 2. The summed E-state index contributed by atoms with van der Waals surface area (Å²) in [6.45, 7) is 6.68. The molecule has 0 unspecified atom stereocenters. The Morgan fingerprint density at radius 2 is 2.00 bits per heavy atom. The maximum absolute atomic E-state index is 11.9. The van der Waals surface area contributed by atoms with Crippen LogP contribution in [0.1, 0.15) is 78.6 Å². The summed E-state index contributed by atoms with van der Waals surface area (Å²) in [6, 6.07) is 0. The molecule has 0 amide bonds. The van der Waals surface area contributed by atoms with Gasteiger partial charge in [0.1, 0.15) is 11.9 Å². The molecule has 4 aliphatic rings. The Labute approximate surface area is 151 Å². The molecular weight excluding hydrogens is 312 g/mol. The molecule has 3 nitrogen and oxygen atoms in total. The third-order valence-electron chi connectivity index (χ3n) is 8.41. The summed E-state index contributed by atoms with van der Waals surface area (Å²) >= 11 is 0. The molecule has 0 saturated heterocycles. The van der Waals surface area contributed by atoms with Crippen LogP contribution in [0.25, 0.3) is 0 Å². The second-order valence-corrected chi connectivity index (χ2v) is 9.43. The van der Waals surface area contributed by atoms with E-state index in [2.05, 4.69) is 19.9 Å². The van der Waals surface area contributed by atoms with E-state index in [0.29, 0.717) is 36.4 Å². The Bertz CT molecular complexity index is 621. The number of carbonyl (C=O) groups is 2. The molecule has 6 atom stereocenters. The van der Waals surface area contributed by atoms with Crippen molar-refractivity contribution in [1.82, 2.24) is 0 Å². The molecule has 0 N–H and O–H groups in total. The maximum atomic E-state index is 11.9. The standard InChI is InChI=1S/C22H32O3/c1-4-20(24)25-19-8-7-17-16-6-5-14-13-15(23)9-11-21(14,2)18(16)10-12-22(17,19)3/h5,16-19H,4,6-13H2,1-3H3/t16-,17-,18-,19-,21-,22-/m0/s1. The fraction of sp³-hybridized carbons (Fsp3) is 0.818. The highest BCUT2D eigenvalue weighted by atomic mass is 16.5. The Kier molecular flexibility index (Phi) is 4.12. The molecule has 3 heteroatoms. The van der Waals surface area contributed by atoms with Gasteiger partial charge in [0.15, 0.2) is 0 Å². The molecule has 0 aromatic rings. The molecule has 0 bridgehead atoms. The SMILES string of the molecule is CCC(=O)O[C@H]1CC[C@H]2[C@@H]3CC=C4CC(=O)CC[C@]4(C)[C@H]3CC[C@]12C. The minimum Gasteiger partial charge on any atom is -0.462 e. The van der Waals surface area contributed by atoms with Crippen molar-refractivity contribution in [2.75, 3.05) is 0 Å². The quantitative estimate of drug-likeness (QED) is 0.532. The number of hydrogen-bond donors (Lipinski definition) is 0. The summed E-state index contributed by atoms with van der Waals surface area (Å²) in [7, 11) is 0. The van der Waals surface area contributed by atoms with Crippen molar-refractivity contribution in [3.8, 4) is 0 Å². The van der Waals surface area contributed by atoms with Crippen molar-refractivity contribution >= 4 is 11.8 Å². The van der Waals surface area contributed by atoms with Gasteiger partial charge in [-0.25, -0.2) is 0 Å². The Balaban J connectivity index is 1.60. The number of esters is 1. The van der Waals surface area contributed by atoms with Crippen LogP contribution in [0.3, 0.4) is 0 Å². The number of ether oxygens (including phenoxy) is 1. The number of Topliss-reactive ketones (excluding diaryl/α,β-unsaturated/α-hetero) is 1. The first-order chi connectivity index (χ1) is 11.9. The summed E-state index contributed by atoms with van der Waals surface area (Å²) in [5.41, 5.74) is 1.81. The zero-order chi connectivity index (χ0) is 17.8. The van der Waals surface area contributed by atoms with Crippen molar-refractivity contribution in [2.24, 2.45) is 28.6 Å². The summed E-state index contributed by atoms with van der Waals surface area (Å²) < 4.78 is 5.86. The molecule has 0 aromatic carbocycles. The number of fused-ring (bicyclic) bond motifs is 5. The van der Waals surface area contributed by atoms with E-state index in [4.69, 9.17) is 4.74 Å². The molecule has 0 aromatic heterocycles. The van der Waals surface area contributed by atoms with Crippen LogP contribution in [-0.2, 0) is 14.3 Å². The van der Waals surface area contributed by atoms with Gasteiger partial charge in [-0.3, -0.25) is 9.59 Å². The monoisotopic (exact) mass is 344 g/mol. The number of ketones is 1. The molecule has 4 aliphatic carbocycles. The van der Waals surface area contributed by atoms with E-state index in [1.54, 1.807) is 0 Å². The van der Waals surface area contributed by atoms with E-state index in [-0.39, 0.29) is 22.9 Å². The first kappa shape index (κ1) is 17.3. The average Bonchev–Trinajstić information content (AvgIpc) is 2.92. The topological polar surface area (TPSA) is 43.4 Å². The molecule has 25 heavy (non-hydrogen) atoms. The molecule has 4 rings (SSSR count). The van der Waals surface area contributed by atoms with Crippen molar-refractivity contribution in [1.29, 1.82) is 0 Å². The van der Waals surface area contributed by atoms with Crippen LogP contribution in [0, 0.1) is 28.6 Å². The average molecular weight is 344 g/mol. The normalized spacial score (nSPS) is 45.9. The predicted octanol–water partition coefficient (Wildman–Crippen LogP) is 4.84. The second kappa shape index (κ2) is 5.96. The van der Waals surface area contributed by atoms with Crippen LogP contribution in [0.5, 0.6) is 0 Å². The molecular formula is C22H32O3. The van der Waals surface area contributed by atoms with E-state index in [1.807, 2.05) is 6.92 Å². The van der Waals surface area contributed by atoms with Crippen molar-refractivity contribution < 1.29 is 14.3 Å². The summed E-state index contributed by atoms with van der Waals surface area (Å²) in [4.78, 5) is 23.8. The first-order valence-electron chi connectivity index (χ1n) is 10.3. The van der Waals surface area contributed by atoms with Crippen LogP contribution in [0.4, 0.5) is 0 Å². The van der Waals surface area contributed by atoms with E-state index in [1.165, 1.54) is 18.4 Å². The van der Waals surface area contributed by atoms with Crippen LogP contribution in [0.15, 0.2) is 11.6 Å². The Morgan fingerprint density at radius 3 is 2.76 bits per heavy atom. The third kappa shape index (κ3) is 2.52. The zero-order valence-electron chi connectivity index (χ0n) is 16.0. The lowest BCUT2D eigenvalue weighted by atomic mass is 9.48. The molecule has 3 fully saturated rings. The predicted molar refractivity (Wildman–Crippen MR) is 96.9 cm³/mol. The maximum Gasteiger partial charge on any atom is 0.305 e. The van der Waals surface area contributed by atoms with Crippen LogP contribution < -0.4 is 0 Å². The van der Waals surface area contributed by atoms with Gasteiger partial charge in [-0.15, -0.1) is 0 Å². The van der Waals surface area contributed by atoms with Gasteiger partial charge in [-0.05, 0) is 61.7 Å². The fourth-order valence-electron chi connectivity index (χ4n) is 6.86. The van der Waals surface area contributed by atoms with Gasteiger partial charge < -0.3 is 4.74 Å².